The van der Waals surface area contributed by atoms with Gasteiger partial charge in [-0.3, -0.25) is 0 Å². The maximum atomic E-state index is 2.44. The summed E-state index contributed by atoms with van der Waals surface area (Å²) in [6, 6.07) is 165. The van der Waals surface area contributed by atoms with Gasteiger partial charge in [-0.2, -0.15) is 0 Å². The van der Waals surface area contributed by atoms with E-state index in [4.69, 9.17) is 0 Å². The van der Waals surface area contributed by atoms with E-state index in [1.165, 1.54) is 196 Å². The molecule has 25 aromatic carbocycles. The minimum Gasteiger partial charge on any atom is -0.310 e. The maximum absolute atomic E-state index is 2.44. The minimum atomic E-state index is 0.0725. The zero-order chi connectivity index (χ0) is 99.2. The van der Waals surface area contributed by atoms with Crippen LogP contribution in [-0.4, -0.2) is 0 Å². The highest BCUT2D eigenvalue weighted by Gasteiger charge is 2.30. The molecule has 0 aliphatic heterocycles. The van der Waals surface area contributed by atoms with Crippen LogP contribution in [0.4, 0.5) is 68.2 Å². The highest BCUT2D eigenvalue weighted by molar-refractivity contribution is 6.35. The standard InChI is InChI=1S/C46H38N2.C46H44N2.C28H28.C20H12/c1-31-13-21-35(22-14-31)47(36-23-15-32(2)16-24-36)45-29-43-40-10-6-8-12-42(40)46(30-44(43)39-9-5-7-11-41(39)45)48(37-25-17-33(3)18-26-37)38-27-19-34(4)20-28-38;1-45(2,3)33-25-29-37(30-26-33)47(35-17-9-7-10-18-35)43-39-21-13-15-23-41(39)44(42-24-16-14-22-40(42)43)48(36-19-11-8-12-20-36)38-31-27-34(28-32-38)46(4,5)6;1-27(2,3)19-13-18-14-20(28(4,5)6)16-24-22-12-8-10-17-9-7-11-21(25(17)22)23(15-19)26(18)24;1-5-13-6-2-11-17-18-12-4-8-14-7-3-10-16(20(14)18)15(9-1)19(13)17/h5-30H,1-4H3;7-32H,1-6H3;7-16H,1-6H3;1-12H. The molecule has 25 rings (SSSR count). The number of nitrogens with zero attached hydrogens (tertiary/aromatic N) is 4. The van der Waals surface area contributed by atoms with Crippen molar-refractivity contribution in [3.05, 3.63) is 493 Å². The number of anilines is 12. The third-order valence-electron chi connectivity index (χ3n) is 29.5. The average molecular weight is 1860 g/mol. The van der Waals surface area contributed by atoms with Crippen LogP contribution in [0.5, 0.6) is 0 Å². The molecule has 0 saturated heterocycles. The zero-order valence-corrected chi connectivity index (χ0v) is 85.5. The third kappa shape index (κ3) is 17.3. The molecule has 0 amide bonds. The molecule has 0 aliphatic carbocycles. The van der Waals surface area contributed by atoms with Gasteiger partial charge < -0.3 is 19.6 Å². The minimum absolute atomic E-state index is 0.0725. The SMILES string of the molecule is CC(C)(C)c1cc2cc(C(C)(C)C)cc3c4cccc5cccc(c(c1)c23)c54.CC(C)(C)c1ccc(N(c2ccccc2)c2c3ccccc3c(N(c3ccccc3)c3ccc(C(C)(C)C)cc3)c3ccccc23)cc1.Cc1ccc(N(c2ccc(C)cc2)c2cc3c4ccccc4c(N(c4ccc(C)cc4)c4ccc(C)cc4)cc3c3ccccc23)cc1.c1cc2cccc3c4cccc5cccc(c(c1)c23)c54. The summed E-state index contributed by atoms with van der Waals surface area (Å²) in [5.74, 6) is 0. The molecule has 0 unspecified atom stereocenters. The van der Waals surface area contributed by atoms with Gasteiger partial charge in [-0.05, 0) is 301 Å². The smallest absolute Gasteiger partial charge is 0.0619 e. The van der Waals surface area contributed by atoms with Crippen LogP contribution in [0.3, 0.4) is 0 Å². The monoisotopic (exact) mass is 1860 g/mol. The van der Waals surface area contributed by atoms with Crippen molar-refractivity contribution in [1.29, 1.82) is 0 Å². The summed E-state index contributed by atoms with van der Waals surface area (Å²) in [5.41, 5.74) is 24.6. The Morgan fingerprint density at radius 2 is 0.347 bits per heavy atom. The molecule has 0 saturated carbocycles. The zero-order valence-electron chi connectivity index (χ0n) is 85.5. The molecule has 702 valence electrons. The van der Waals surface area contributed by atoms with Gasteiger partial charge in [0.2, 0.25) is 0 Å². The van der Waals surface area contributed by atoms with E-state index in [-0.39, 0.29) is 21.7 Å². The van der Waals surface area contributed by atoms with Crippen molar-refractivity contribution >= 4 is 208 Å². The second-order valence-electron chi connectivity index (χ2n) is 43.5. The van der Waals surface area contributed by atoms with Crippen molar-refractivity contribution in [2.75, 3.05) is 19.6 Å². The molecule has 0 N–H and O–H groups in total. The summed E-state index contributed by atoms with van der Waals surface area (Å²) in [5, 5.41) is 34.1. The van der Waals surface area contributed by atoms with Gasteiger partial charge >= 0.3 is 0 Å². The van der Waals surface area contributed by atoms with E-state index in [9.17, 15) is 0 Å². The summed E-state index contributed by atoms with van der Waals surface area (Å²) < 4.78 is 0. The Morgan fingerprint density at radius 1 is 0.139 bits per heavy atom. The fourth-order valence-corrected chi connectivity index (χ4v) is 21.8. The highest BCUT2D eigenvalue weighted by Crippen LogP contribution is 2.55. The van der Waals surface area contributed by atoms with E-state index in [2.05, 4.69) is 579 Å². The number of aryl methyl sites for hydroxylation is 4. The Bertz CT molecular complexity index is 8340. The molecule has 0 aliphatic rings. The molecule has 0 atom stereocenters. The van der Waals surface area contributed by atoms with Gasteiger partial charge in [-0.1, -0.05) is 433 Å². The van der Waals surface area contributed by atoms with E-state index in [0.717, 1.165) is 56.9 Å². The van der Waals surface area contributed by atoms with Gasteiger partial charge in [-0.15, -0.1) is 0 Å². The third-order valence-corrected chi connectivity index (χ3v) is 29.5. The molecule has 0 aromatic heterocycles. The lowest BCUT2D eigenvalue weighted by Gasteiger charge is -2.33. The molecule has 4 nitrogen and oxygen atoms in total. The fourth-order valence-electron chi connectivity index (χ4n) is 21.8. The summed E-state index contributed by atoms with van der Waals surface area (Å²) >= 11 is 0. The molecule has 0 fully saturated rings. The van der Waals surface area contributed by atoms with Crippen LogP contribution in [0.1, 0.15) is 128 Å². The summed E-state index contributed by atoms with van der Waals surface area (Å²) in [6.45, 7) is 36.1. The molecule has 0 spiro atoms. The van der Waals surface area contributed by atoms with Crippen LogP contribution in [0, 0.1) is 27.7 Å². The van der Waals surface area contributed by atoms with Crippen LogP contribution in [0.25, 0.3) is 140 Å². The molecule has 144 heavy (non-hydrogen) atoms. The van der Waals surface area contributed by atoms with Gasteiger partial charge in [0.15, 0.2) is 0 Å². The highest BCUT2D eigenvalue weighted by atomic mass is 15.2. The van der Waals surface area contributed by atoms with Gasteiger partial charge in [0.05, 0.1) is 22.7 Å². The van der Waals surface area contributed by atoms with Crippen molar-refractivity contribution in [3.63, 3.8) is 0 Å². The first-order valence-corrected chi connectivity index (χ1v) is 50.9. The first kappa shape index (κ1) is 92.6. The lowest BCUT2D eigenvalue weighted by atomic mass is 9.79. The number of hydrogen-bond donors (Lipinski definition) is 0. The van der Waals surface area contributed by atoms with Crippen LogP contribution in [0.15, 0.2) is 449 Å². The molecule has 0 radical (unpaired) electrons. The molecule has 25 aromatic rings. The Balaban J connectivity index is 0.000000115. The van der Waals surface area contributed by atoms with Crippen LogP contribution >= 0.6 is 0 Å². The Morgan fingerprint density at radius 3 is 0.611 bits per heavy atom. The van der Waals surface area contributed by atoms with E-state index in [1.54, 1.807) is 0 Å². The number of benzene rings is 25. The normalized spacial score (nSPS) is 12.0. The van der Waals surface area contributed by atoms with Crippen molar-refractivity contribution < 1.29 is 0 Å². The number of para-hydroxylation sites is 2. The molecular formula is C140H122N4. The largest absolute Gasteiger partial charge is 0.310 e. The average Bonchev–Trinajstić information content (AvgIpc) is 0.680. The number of hydrogen-bond acceptors (Lipinski definition) is 4. The second-order valence-corrected chi connectivity index (χ2v) is 43.5. The Labute approximate surface area is 847 Å². The predicted octanol–water partition coefficient (Wildman–Crippen LogP) is 40.9. The Kier molecular flexibility index (Phi) is 23.9. The molecule has 4 heteroatoms. The molecular weight excluding hydrogens is 1740 g/mol. The van der Waals surface area contributed by atoms with E-state index in [1.807, 2.05) is 0 Å². The fraction of sp³-hybridized carbons (Fsp3) is 0.143. The predicted molar refractivity (Wildman–Crippen MR) is 628 cm³/mol. The van der Waals surface area contributed by atoms with Gasteiger partial charge in [0.1, 0.15) is 0 Å². The first-order valence-electron chi connectivity index (χ1n) is 50.9. The van der Waals surface area contributed by atoms with Crippen molar-refractivity contribution in [1.82, 2.24) is 0 Å². The maximum Gasteiger partial charge on any atom is 0.0619 e. The molecule has 0 heterocycles. The lowest BCUT2D eigenvalue weighted by molar-refractivity contribution is 0.590. The summed E-state index contributed by atoms with van der Waals surface area (Å²) in [6.07, 6.45) is 0. The summed E-state index contributed by atoms with van der Waals surface area (Å²) in [7, 11) is 0. The van der Waals surface area contributed by atoms with Crippen molar-refractivity contribution in [3.8, 4) is 0 Å². The van der Waals surface area contributed by atoms with E-state index in [0.29, 0.717) is 0 Å². The number of rotatable bonds is 12. The van der Waals surface area contributed by atoms with Gasteiger partial charge in [0.25, 0.3) is 0 Å². The summed E-state index contributed by atoms with van der Waals surface area (Å²) in [4.78, 5) is 9.69. The Hall–Kier alpha value is -16.4. The van der Waals surface area contributed by atoms with Crippen LogP contribution < -0.4 is 19.6 Å². The number of fused-ring (bicyclic) bond motifs is 11. The van der Waals surface area contributed by atoms with Gasteiger partial charge in [-0.25, -0.2) is 0 Å². The van der Waals surface area contributed by atoms with Crippen LogP contribution in [-0.2, 0) is 21.7 Å². The first-order chi connectivity index (χ1) is 69.6. The van der Waals surface area contributed by atoms with Gasteiger partial charge in [0, 0.05) is 77.8 Å². The second kappa shape index (κ2) is 37.2. The van der Waals surface area contributed by atoms with E-state index >= 15 is 0 Å². The lowest BCUT2D eigenvalue weighted by Crippen LogP contribution is -2.16. The van der Waals surface area contributed by atoms with Crippen molar-refractivity contribution in [2.24, 2.45) is 0 Å². The topological polar surface area (TPSA) is 13.0 Å². The van der Waals surface area contributed by atoms with Crippen LogP contribution in [0.2, 0.25) is 0 Å². The molecule has 0 bridgehead atoms. The quantitative estimate of drug-likeness (QED) is 0.0687. The van der Waals surface area contributed by atoms with Crippen molar-refractivity contribution in [2.45, 2.75) is 132 Å². The van der Waals surface area contributed by atoms with E-state index < -0.39 is 0 Å².